The number of nitrogens with zero attached hydrogens (tertiary/aromatic N) is 2. The summed E-state index contributed by atoms with van der Waals surface area (Å²) in [6.45, 7) is 12.1. The number of aromatic nitrogens is 1. The molecule has 0 aliphatic heterocycles. The SMILES string of the molecule is CCON(CC)S(=O)(=O)C(C)(C)C(=O)Nc1cc(C(C)(C)C)on1. The molecule has 0 spiro atoms. The Morgan fingerprint density at radius 1 is 1.29 bits per heavy atom. The lowest BCUT2D eigenvalue weighted by molar-refractivity contribution is -0.119. The molecule has 1 amide bonds. The number of hydrogen-bond acceptors (Lipinski definition) is 6. The molecule has 8 nitrogen and oxygen atoms in total. The Balaban J connectivity index is 3.02. The fourth-order valence-electron chi connectivity index (χ4n) is 1.80. The summed E-state index contributed by atoms with van der Waals surface area (Å²) in [7, 11) is -4.01. The number of anilines is 1. The Hall–Kier alpha value is -1.45. The Kier molecular flexibility index (Phi) is 6.18. The van der Waals surface area contributed by atoms with Crippen molar-refractivity contribution in [2.45, 2.75) is 58.6 Å². The minimum atomic E-state index is -4.01. The first-order valence-corrected chi connectivity index (χ1v) is 9.25. The maximum Gasteiger partial charge on any atom is 0.250 e. The van der Waals surface area contributed by atoms with E-state index in [4.69, 9.17) is 9.36 Å². The second-order valence-electron chi connectivity index (χ2n) is 6.83. The van der Waals surface area contributed by atoms with E-state index in [0.29, 0.717) is 5.76 Å². The van der Waals surface area contributed by atoms with Gasteiger partial charge in [-0.25, -0.2) is 8.42 Å². The Bertz CT molecular complexity index is 674. The van der Waals surface area contributed by atoms with Gasteiger partial charge in [0, 0.05) is 18.0 Å². The molecular weight excluding hydrogens is 334 g/mol. The smallest absolute Gasteiger partial charge is 0.250 e. The van der Waals surface area contributed by atoms with E-state index in [-0.39, 0.29) is 24.4 Å². The fraction of sp³-hybridized carbons (Fsp3) is 0.733. The van der Waals surface area contributed by atoms with Gasteiger partial charge in [0.05, 0.1) is 6.61 Å². The summed E-state index contributed by atoms with van der Waals surface area (Å²) in [5.41, 5.74) is -0.272. The van der Waals surface area contributed by atoms with E-state index in [1.165, 1.54) is 13.8 Å². The number of carbonyl (C=O) groups is 1. The quantitative estimate of drug-likeness (QED) is 0.748. The van der Waals surface area contributed by atoms with Gasteiger partial charge < -0.3 is 9.84 Å². The number of sulfonamides is 1. The van der Waals surface area contributed by atoms with Crippen LogP contribution >= 0.6 is 0 Å². The lowest BCUT2D eigenvalue weighted by Crippen LogP contribution is -2.51. The van der Waals surface area contributed by atoms with Gasteiger partial charge in [0.2, 0.25) is 15.9 Å². The molecule has 0 unspecified atom stereocenters. The molecule has 0 radical (unpaired) electrons. The van der Waals surface area contributed by atoms with Crippen molar-refractivity contribution in [2.24, 2.45) is 0 Å². The van der Waals surface area contributed by atoms with Gasteiger partial charge in [-0.1, -0.05) is 30.4 Å². The van der Waals surface area contributed by atoms with Gasteiger partial charge in [-0.2, -0.15) is 0 Å². The molecule has 0 aliphatic carbocycles. The number of rotatable bonds is 7. The highest BCUT2D eigenvalue weighted by atomic mass is 32.2. The van der Waals surface area contributed by atoms with E-state index < -0.39 is 20.7 Å². The van der Waals surface area contributed by atoms with E-state index in [1.54, 1.807) is 19.9 Å². The second kappa shape index (κ2) is 7.20. The zero-order valence-electron chi connectivity index (χ0n) is 15.3. The van der Waals surface area contributed by atoms with Crippen molar-refractivity contribution in [2.75, 3.05) is 18.5 Å². The molecule has 0 aromatic carbocycles. The van der Waals surface area contributed by atoms with E-state index in [0.717, 1.165) is 4.47 Å². The minimum absolute atomic E-state index is 0.102. The number of amides is 1. The third kappa shape index (κ3) is 4.14. The van der Waals surface area contributed by atoms with Crippen LogP contribution in [-0.4, -0.2) is 41.8 Å². The van der Waals surface area contributed by atoms with Gasteiger partial charge in [-0.05, 0) is 27.7 Å². The molecule has 1 heterocycles. The Labute approximate surface area is 143 Å². The summed E-state index contributed by atoms with van der Waals surface area (Å²) in [5, 5.41) is 6.27. The lowest BCUT2D eigenvalue weighted by atomic mass is 9.93. The number of nitrogens with one attached hydrogen (secondary N) is 1. The molecule has 1 N–H and O–H groups in total. The van der Waals surface area contributed by atoms with Crippen LogP contribution < -0.4 is 5.32 Å². The van der Waals surface area contributed by atoms with Gasteiger partial charge >= 0.3 is 0 Å². The van der Waals surface area contributed by atoms with Gasteiger partial charge in [-0.3, -0.25) is 9.63 Å². The first kappa shape index (κ1) is 20.6. The maximum absolute atomic E-state index is 12.7. The molecule has 0 aliphatic rings. The van der Waals surface area contributed by atoms with Crippen molar-refractivity contribution in [3.8, 4) is 0 Å². The van der Waals surface area contributed by atoms with Gasteiger partial charge in [0.15, 0.2) is 10.6 Å². The van der Waals surface area contributed by atoms with Crippen LogP contribution in [0.15, 0.2) is 10.6 Å². The minimum Gasteiger partial charge on any atom is -0.359 e. The van der Waals surface area contributed by atoms with Crippen LogP contribution in [0.1, 0.15) is 54.2 Å². The highest BCUT2D eigenvalue weighted by Crippen LogP contribution is 2.27. The van der Waals surface area contributed by atoms with Crippen LogP contribution in [0, 0.1) is 0 Å². The average molecular weight is 361 g/mol. The highest BCUT2D eigenvalue weighted by molar-refractivity contribution is 7.91. The van der Waals surface area contributed by atoms with Gasteiger partial charge in [0.1, 0.15) is 5.76 Å². The molecule has 24 heavy (non-hydrogen) atoms. The molecule has 0 fully saturated rings. The van der Waals surface area contributed by atoms with Gasteiger partial charge in [-0.15, -0.1) is 0 Å². The predicted octanol–water partition coefficient (Wildman–Crippen LogP) is 2.29. The van der Waals surface area contributed by atoms with E-state index in [2.05, 4.69) is 10.5 Å². The first-order chi connectivity index (χ1) is 10.9. The molecule has 0 saturated carbocycles. The van der Waals surface area contributed by atoms with Crippen molar-refractivity contribution in [1.29, 1.82) is 0 Å². The number of carbonyl (C=O) groups excluding carboxylic acids is 1. The molecule has 9 heteroatoms. The molecule has 0 atom stereocenters. The second-order valence-corrected chi connectivity index (χ2v) is 9.21. The van der Waals surface area contributed by atoms with Crippen LogP contribution in [-0.2, 0) is 25.1 Å². The van der Waals surface area contributed by atoms with Crippen molar-refractivity contribution >= 4 is 21.7 Å². The third-order valence-electron chi connectivity index (χ3n) is 3.48. The van der Waals surface area contributed by atoms with Crippen LogP contribution in [0.3, 0.4) is 0 Å². The summed E-state index contributed by atoms with van der Waals surface area (Å²) in [4.78, 5) is 17.6. The van der Waals surface area contributed by atoms with Crippen LogP contribution in [0.25, 0.3) is 0 Å². The Morgan fingerprint density at radius 3 is 2.29 bits per heavy atom. The summed E-state index contributed by atoms with van der Waals surface area (Å²) in [6.07, 6.45) is 0. The predicted molar refractivity (Wildman–Crippen MR) is 90.8 cm³/mol. The lowest BCUT2D eigenvalue weighted by Gasteiger charge is -2.29. The maximum atomic E-state index is 12.7. The monoisotopic (exact) mass is 361 g/mol. The number of hydroxylamine groups is 1. The molecule has 1 aromatic heterocycles. The van der Waals surface area contributed by atoms with Crippen LogP contribution in [0.4, 0.5) is 5.82 Å². The molecule has 1 aromatic rings. The summed E-state index contributed by atoms with van der Waals surface area (Å²) in [5.74, 6) is 0.0463. The van der Waals surface area contributed by atoms with Crippen LogP contribution in [0.5, 0.6) is 0 Å². The van der Waals surface area contributed by atoms with E-state index in [9.17, 15) is 13.2 Å². The summed E-state index contributed by atoms with van der Waals surface area (Å²) >= 11 is 0. The molecule has 1 rings (SSSR count). The van der Waals surface area contributed by atoms with Crippen molar-refractivity contribution < 1.29 is 22.6 Å². The van der Waals surface area contributed by atoms with Gasteiger partial charge in [0.25, 0.3) is 0 Å². The average Bonchev–Trinajstić information content (AvgIpc) is 2.92. The summed E-state index contributed by atoms with van der Waals surface area (Å²) in [6, 6.07) is 1.58. The summed E-state index contributed by atoms with van der Waals surface area (Å²) < 4.78 is 29.6. The topological polar surface area (TPSA) is 102 Å². The van der Waals surface area contributed by atoms with Crippen molar-refractivity contribution in [1.82, 2.24) is 9.63 Å². The van der Waals surface area contributed by atoms with Crippen molar-refractivity contribution in [3.05, 3.63) is 11.8 Å². The zero-order valence-corrected chi connectivity index (χ0v) is 16.2. The van der Waals surface area contributed by atoms with Crippen molar-refractivity contribution in [3.63, 3.8) is 0 Å². The standard InChI is InChI=1S/C15H27N3O5S/c1-8-18(22-9-2)24(20,21)15(6,7)13(19)16-12-10-11(23-17-12)14(3,4)5/h10H,8-9H2,1-7H3,(H,16,17,19). The molecule has 138 valence electrons. The molecule has 0 saturated heterocycles. The fourth-order valence-corrected chi connectivity index (χ4v) is 3.18. The normalized spacial score (nSPS) is 13.3. The van der Waals surface area contributed by atoms with Crippen LogP contribution in [0.2, 0.25) is 0 Å². The molecule has 0 bridgehead atoms. The van der Waals surface area contributed by atoms with E-state index >= 15 is 0 Å². The largest absolute Gasteiger partial charge is 0.359 e. The number of hydrogen-bond donors (Lipinski definition) is 1. The first-order valence-electron chi connectivity index (χ1n) is 7.81. The molecular formula is C15H27N3O5S. The van der Waals surface area contributed by atoms with E-state index in [1.807, 2.05) is 20.8 Å². The zero-order chi connectivity index (χ0) is 18.8. The Morgan fingerprint density at radius 2 is 1.88 bits per heavy atom. The highest BCUT2D eigenvalue weighted by Gasteiger charge is 2.46. The third-order valence-corrected chi connectivity index (χ3v) is 5.86.